The van der Waals surface area contributed by atoms with Gasteiger partial charge in [0.05, 0.1) is 24.2 Å². The Morgan fingerprint density at radius 1 is 1.33 bits per heavy atom. The Morgan fingerprint density at radius 3 is 2.56 bits per heavy atom. The lowest BCUT2D eigenvalue weighted by Crippen LogP contribution is -2.70. The lowest BCUT2D eigenvalue weighted by atomic mass is 9.78. The molecule has 2 rings (SSSR count). The molecule has 2 fully saturated rings. The lowest BCUT2D eigenvalue weighted by Gasteiger charge is -2.52. The molecule has 5 nitrogen and oxygen atoms in total. The largest absolute Gasteiger partial charge is 0.465 e. The number of aliphatic hydroxyl groups is 1. The fourth-order valence-electron chi connectivity index (χ4n) is 3.31. The first-order valence-electron chi connectivity index (χ1n) is 6.75. The third kappa shape index (κ3) is 2.34. The van der Waals surface area contributed by atoms with E-state index in [9.17, 15) is 15.0 Å². The molecule has 1 unspecified atom stereocenters. The van der Waals surface area contributed by atoms with E-state index < -0.39 is 12.2 Å². The molecule has 5 heteroatoms. The molecule has 1 saturated heterocycles. The van der Waals surface area contributed by atoms with Gasteiger partial charge in [-0.05, 0) is 24.7 Å². The molecule has 1 saturated carbocycles. The third-order valence-electron chi connectivity index (χ3n) is 4.29. The second-order valence-corrected chi connectivity index (χ2v) is 6.57. The molecule has 1 heterocycles. The number of nitrogens with zero attached hydrogens (tertiary/aromatic N) is 1. The van der Waals surface area contributed by atoms with Crippen LogP contribution in [0.3, 0.4) is 0 Å². The van der Waals surface area contributed by atoms with Crippen LogP contribution in [0.4, 0.5) is 4.79 Å². The lowest BCUT2D eigenvalue weighted by molar-refractivity contribution is -0.0379. The number of rotatable bonds is 0. The van der Waals surface area contributed by atoms with Gasteiger partial charge in [0, 0.05) is 6.54 Å². The quantitative estimate of drug-likeness (QED) is 0.610. The second kappa shape index (κ2) is 4.70. The number of carbonyl (C=O) groups is 1. The first kappa shape index (κ1) is 13.6. The van der Waals surface area contributed by atoms with Gasteiger partial charge < -0.3 is 15.5 Å². The fourth-order valence-corrected chi connectivity index (χ4v) is 3.31. The fraction of sp³-hybridized carbons (Fsp3) is 0.923. The molecule has 0 bridgehead atoms. The van der Waals surface area contributed by atoms with E-state index in [2.05, 4.69) is 26.1 Å². The van der Waals surface area contributed by atoms with Crippen LogP contribution in [0, 0.1) is 5.41 Å². The number of amides is 1. The second-order valence-electron chi connectivity index (χ2n) is 6.57. The average Bonchev–Trinajstić information content (AvgIpc) is 2.26. The molecular formula is C13H24N2O3. The highest BCUT2D eigenvalue weighted by molar-refractivity contribution is 5.66. The SMILES string of the molecule is CC(C)(C)C1CN[C@@H]2[C@H](O)CCC[C@@H]2N1C(=O)O. The van der Waals surface area contributed by atoms with Gasteiger partial charge in [-0.15, -0.1) is 0 Å². The summed E-state index contributed by atoms with van der Waals surface area (Å²) in [5.74, 6) is 0. The molecule has 0 aromatic heterocycles. The normalized spacial score (nSPS) is 37.2. The van der Waals surface area contributed by atoms with Crippen molar-refractivity contribution in [2.45, 2.75) is 64.3 Å². The topological polar surface area (TPSA) is 72.8 Å². The van der Waals surface area contributed by atoms with Crippen LogP contribution in [0.15, 0.2) is 0 Å². The van der Waals surface area contributed by atoms with Crippen molar-refractivity contribution in [3.63, 3.8) is 0 Å². The molecule has 2 aliphatic rings. The van der Waals surface area contributed by atoms with Gasteiger partial charge in [-0.2, -0.15) is 0 Å². The van der Waals surface area contributed by atoms with E-state index in [4.69, 9.17) is 0 Å². The molecule has 104 valence electrons. The summed E-state index contributed by atoms with van der Waals surface area (Å²) in [6, 6.07) is -0.237. The molecule has 1 aliphatic carbocycles. The first-order valence-corrected chi connectivity index (χ1v) is 6.75. The van der Waals surface area contributed by atoms with E-state index in [0.717, 1.165) is 19.3 Å². The van der Waals surface area contributed by atoms with Gasteiger partial charge >= 0.3 is 6.09 Å². The molecule has 3 N–H and O–H groups in total. The summed E-state index contributed by atoms with van der Waals surface area (Å²) < 4.78 is 0. The number of hydrogen-bond acceptors (Lipinski definition) is 3. The maximum absolute atomic E-state index is 11.6. The van der Waals surface area contributed by atoms with Gasteiger partial charge in [-0.3, -0.25) is 4.90 Å². The van der Waals surface area contributed by atoms with Crippen LogP contribution in [-0.4, -0.2) is 52.0 Å². The predicted molar refractivity (Wildman–Crippen MR) is 68.5 cm³/mol. The molecule has 0 aromatic carbocycles. The summed E-state index contributed by atoms with van der Waals surface area (Å²) in [7, 11) is 0. The van der Waals surface area contributed by atoms with Crippen molar-refractivity contribution in [1.82, 2.24) is 10.2 Å². The number of hydrogen-bond donors (Lipinski definition) is 3. The zero-order chi connectivity index (χ0) is 13.5. The summed E-state index contributed by atoms with van der Waals surface area (Å²) in [4.78, 5) is 13.2. The van der Waals surface area contributed by atoms with Crippen molar-refractivity contribution in [2.24, 2.45) is 5.41 Å². The van der Waals surface area contributed by atoms with E-state index in [1.54, 1.807) is 4.90 Å². The summed E-state index contributed by atoms with van der Waals surface area (Å²) in [5.41, 5.74) is -0.0985. The summed E-state index contributed by atoms with van der Waals surface area (Å²) >= 11 is 0. The maximum Gasteiger partial charge on any atom is 0.407 e. The van der Waals surface area contributed by atoms with Crippen molar-refractivity contribution in [3.05, 3.63) is 0 Å². The molecular weight excluding hydrogens is 232 g/mol. The van der Waals surface area contributed by atoms with Crippen molar-refractivity contribution in [1.29, 1.82) is 0 Å². The van der Waals surface area contributed by atoms with Gasteiger partial charge in [0.25, 0.3) is 0 Å². The number of aliphatic hydroxyl groups excluding tert-OH is 1. The summed E-state index contributed by atoms with van der Waals surface area (Å²) in [6.07, 6.45) is 1.21. The zero-order valence-electron chi connectivity index (χ0n) is 11.4. The minimum Gasteiger partial charge on any atom is -0.465 e. The van der Waals surface area contributed by atoms with Gasteiger partial charge in [-0.1, -0.05) is 20.8 Å². The van der Waals surface area contributed by atoms with Crippen molar-refractivity contribution >= 4 is 6.09 Å². The van der Waals surface area contributed by atoms with Crippen LogP contribution < -0.4 is 5.32 Å². The average molecular weight is 256 g/mol. The van der Waals surface area contributed by atoms with Crippen LogP contribution in [0.2, 0.25) is 0 Å². The highest BCUT2D eigenvalue weighted by atomic mass is 16.4. The van der Waals surface area contributed by atoms with Crippen LogP contribution in [0.5, 0.6) is 0 Å². The van der Waals surface area contributed by atoms with Crippen molar-refractivity contribution < 1.29 is 15.0 Å². The van der Waals surface area contributed by atoms with E-state index in [1.165, 1.54) is 0 Å². The van der Waals surface area contributed by atoms with Crippen molar-refractivity contribution in [3.8, 4) is 0 Å². The van der Waals surface area contributed by atoms with E-state index in [-0.39, 0.29) is 23.5 Å². The van der Waals surface area contributed by atoms with Crippen LogP contribution in [0.25, 0.3) is 0 Å². The van der Waals surface area contributed by atoms with Gasteiger partial charge in [0.1, 0.15) is 0 Å². The zero-order valence-corrected chi connectivity index (χ0v) is 11.4. The predicted octanol–water partition coefficient (Wildman–Crippen LogP) is 1.27. The molecule has 1 aliphatic heterocycles. The highest BCUT2D eigenvalue weighted by Crippen LogP contribution is 2.34. The van der Waals surface area contributed by atoms with E-state index >= 15 is 0 Å². The monoisotopic (exact) mass is 256 g/mol. The first-order chi connectivity index (χ1) is 8.32. The number of fused-ring (bicyclic) bond motifs is 1. The van der Waals surface area contributed by atoms with E-state index in [0.29, 0.717) is 6.54 Å². The summed E-state index contributed by atoms with van der Waals surface area (Å²) in [5, 5.41) is 22.9. The number of nitrogens with one attached hydrogen (secondary N) is 1. The van der Waals surface area contributed by atoms with Crippen molar-refractivity contribution in [2.75, 3.05) is 6.54 Å². The minimum absolute atomic E-state index is 0.0402. The Kier molecular flexibility index (Phi) is 3.56. The molecule has 1 amide bonds. The molecule has 18 heavy (non-hydrogen) atoms. The minimum atomic E-state index is -0.861. The third-order valence-corrected chi connectivity index (χ3v) is 4.29. The highest BCUT2D eigenvalue weighted by Gasteiger charge is 2.47. The van der Waals surface area contributed by atoms with Crippen LogP contribution in [-0.2, 0) is 0 Å². The molecule has 0 spiro atoms. The molecule has 0 aromatic rings. The maximum atomic E-state index is 11.6. The van der Waals surface area contributed by atoms with Crippen LogP contribution >= 0.6 is 0 Å². The van der Waals surface area contributed by atoms with E-state index in [1.807, 2.05) is 0 Å². The van der Waals surface area contributed by atoms with Gasteiger partial charge in [-0.25, -0.2) is 4.79 Å². The Balaban J connectivity index is 2.26. The Labute approximate surface area is 108 Å². The Hall–Kier alpha value is -0.810. The number of carboxylic acid groups (broad SMARTS) is 1. The Morgan fingerprint density at radius 2 is 2.00 bits per heavy atom. The number of piperazine rings is 1. The summed E-state index contributed by atoms with van der Waals surface area (Å²) in [6.45, 7) is 6.81. The Bertz CT molecular complexity index is 327. The molecule has 4 atom stereocenters. The standard InChI is InChI=1S/C13H24N2O3/c1-13(2,3)10-7-14-11-8(15(10)12(17)18)5-4-6-9(11)16/h8-11,14,16H,4-7H2,1-3H3,(H,17,18)/t8-,9+,10?,11-/m0/s1. The van der Waals surface area contributed by atoms with Crippen LogP contribution in [0.1, 0.15) is 40.0 Å². The smallest absolute Gasteiger partial charge is 0.407 e. The van der Waals surface area contributed by atoms with Gasteiger partial charge in [0.2, 0.25) is 0 Å². The molecule has 0 radical (unpaired) electrons. The van der Waals surface area contributed by atoms with Gasteiger partial charge in [0.15, 0.2) is 0 Å².